The molecule has 72 valence electrons. The normalized spacial score (nSPS) is 38.2. The Morgan fingerprint density at radius 1 is 1.25 bits per heavy atom. The molecule has 0 radical (unpaired) electrons. The maximum absolute atomic E-state index is 14.2. The van der Waals surface area contributed by atoms with E-state index in [1.165, 1.54) is 0 Å². The van der Waals surface area contributed by atoms with E-state index in [2.05, 4.69) is 0 Å². The zero-order valence-corrected chi connectivity index (χ0v) is 8.36. The van der Waals surface area contributed by atoms with Gasteiger partial charge in [0.15, 0.2) is 0 Å². The van der Waals surface area contributed by atoms with Gasteiger partial charge in [-0.05, 0) is 31.1 Å². The van der Waals surface area contributed by atoms with Crippen LogP contribution in [-0.4, -0.2) is 11.7 Å². The van der Waals surface area contributed by atoms with Crippen molar-refractivity contribution in [3.05, 3.63) is 0 Å². The minimum Gasteiger partial charge on any atom is -0.328 e. The molecule has 0 amide bonds. The molecule has 0 atom stereocenters. The van der Waals surface area contributed by atoms with Crippen LogP contribution in [0.15, 0.2) is 0 Å². The number of nitrogens with two attached hydrogens (primary N) is 1. The van der Waals surface area contributed by atoms with Gasteiger partial charge in [0, 0.05) is 6.04 Å². The van der Waals surface area contributed by atoms with Crippen LogP contribution in [0.1, 0.15) is 46.5 Å². The molecule has 0 bridgehead atoms. The molecule has 0 heterocycles. The van der Waals surface area contributed by atoms with Crippen LogP contribution in [0.2, 0.25) is 0 Å². The average Bonchev–Trinajstić information content (AvgIpc) is 1.93. The minimum absolute atomic E-state index is 0.229. The summed E-state index contributed by atoms with van der Waals surface area (Å²) in [4.78, 5) is 0. The summed E-state index contributed by atoms with van der Waals surface area (Å²) in [6, 6.07) is 0.233. The Morgan fingerprint density at radius 2 is 1.67 bits per heavy atom. The molecule has 1 saturated carbocycles. The summed E-state index contributed by atoms with van der Waals surface area (Å²) in [7, 11) is 0. The number of alkyl halides is 1. The third-order valence-corrected chi connectivity index (χ3v) is 3.17. The molecule has 0 aromatic heterocycles. The molecule has 1 aliphatic rings. The molecule has 0 aromatic rings. The molecule has 0 aliphatic heterocycles. The van der Waals surface area contributed by atoms with Crippen molar-refractivity contribution in [2.75, 3.05) is 0 Å². The Hall–Kier alpha value is -0.110. The second kappa shape index (κ2) is 2.99. The summed E-state index contributed by atoms with van der Waals surface area (Å²) in [6.45, 7) is 5.93. The Labute approximate surface area is 74.5 Å². The SMILES string of the molecule is CC(C)(C)C1(F)CCC(N)CC1. The summed E-state index contributed by atoms with van der Waals surface area (Å²) in [5, 5.41) is 0. The van der Waals surface area contributed by atoms with Crippen molar-refractivity contribution in [3.8, 4) is 0 Å². The highest BCUT2D eigenvalue weighted by Crippen LogP contribution is 2.44. The standard InChI is InChI=1S/C10H20FN/c1-9(2,3)10(11)6-4-8(12)5-7-10/h8H,4-7,12H2,1-3H3. The van der Waals surface area contributed by atoms with Crippen LogP contribution < -0.4 is 5.73 Å². The van der Waals surface area contributed by atoms with Crippen LogP contribution in [-0.2, 0) is 0 Å². The fourth-order valence-corrected chi connectivity index (χ4v) is 1.85. The summed E-state index contributed by atoms with van der Waals surface area (Å²) < 4.78 is 14.2. The van der Waals surface area contributed by atoms with Crippen LogP contribution in [0.25, 0.3) is 0 Å². The van der Waals surface area contributed by atoms with Crippen molar-refractivity contribution in [2.45, 2.75) is 58.2 Å². The van der Waals surface area contributed by atoms with Crippen molar-refractivity contribution in [3.63, 3.8) is 0 Å². The van der Waals surface area contributed by atoms with E-state index in [0.29, 0.717) is 12.8 Å². The first-order chi connectivity index (χ1) is 5.35. The molecule has 2 heteroatoms. The second-order valence-electron chi connectivity index (χ2n) is 5.05. The van der Waals surface area contributed by atoms with E-state index in [0.717, 1.165) is 12.8 Å². The first-order valence-electron chi connectivity index (χ1n) is 4.80. The monoisotopic (exact) mass is 173 g/mol. The molecule has 0 spiro atoms. The molecule has 0 saturated heterocycles. The lowest BCUT2D eigenvalue weighted by molar-refractivity contribution is -0.00984. The molecular weight excluding hydrogens is 153 g/mol. The van der Waals surface area contributed by atoms with Gasteiger partial charge in [0.05, 0.1) is 0 Å². The molecule has 2 N–H and O–H groups in total. The zero-order valence-electron chi connectivity index (χ0n) is 8.36. The van der Waals surface area contributed by atoms with E-state index < -0.39 is 5.67 Å². The molecule has 12 heavy (non-hydrogen) atoms. The highest BCUT2D eigenvalue weighted by molar-refractivity contribution is 4.95. The summed E-state index contributed by atoms with van der Waals surface area (Å²) in [5.74, 6) is 0. The molecule has 1 fully saturated rings. The van der Waals surface area contributed by atoms with Gasteiger partial charge in [0.2, 0.25) is 0 Å². The van der Waals surface area contributed by atoms with Gasteiger partial charge in [-0.15, -0.1) is 0 Å². The van der Waals surface area contributed by atoms with Gasteiger partial charge < -0.3 is 5.73 Å². The topological polar surface area (TPSA) is 26.0 Å². The molecule has 1 aliphatic carbocycles. The van der Waals surface area contributed by atoms with E-state index in [9.17, 15) is 4.39 Å². The van der Waals surface area contributed by atoms with Gasteiger partial charge in [-0.3, -0.25) is 0 Å². The van der Waals surface area contributed by atoms with Gasteiger partial charge in [0.25, 0.3) is 0 Å². The van der Waals surface area contributed by atoms with Crippen molar-refractivity contribution in [2.24, 2.45) is 11.1 Å². The van der Waals surface area contributed by atoms with E-state index in [-0.39, 0.29) is 11.5 Å². The van der Waals surface area contributed by atoms with E-state index >= 15 is 0 Å². The molecule has 0 unspecified atom stereocenters. The fraction of sp³-hybridized carbons (Fsp3) is 1.00. The van der Waals surface area contributed by atoms with Crippen molar-refractivity contribution in [1.29, 1.82) is 0 Å². The van der Waals surface area contributed by atoms with Gasteiger partial charge in [-0.1, -0.05) is 20.8 Å². The third kappa shape index (κ3) is 1.79. The Bertz CT molecular complexity index is 152. The predicted molar refractivity (Wildman–Crippen MR) is 49.7 cm³/mol. The Morgan fingerprint density at radius 3 is 2.00 bits per heavy atom. The molecule has 0 aromatic carbocycles. The van der Waals surface area contributed by atoms with Gasteiger partial charge in [0.1, 0.15) is 5.67 Å². The van der Waals surface area contributed by atoms with Crippen molar-refractivity contribution in [1.82, 2.24) is 0 Å². The van der Waals surface area contributed by atoms with E-state index in [1.807, 2.05) is 20.8 Å². The van der Waals surface area contributed by atoms with Crippen molar-refractivity contribution >= 4 is 0 Å². The first-order valence-corrected chi connectivity index (χ1v) is 4.80. The first kappa shape index (κ1) is 9.97. The lowest BCUT2D eigenvalue weighted by atomic mass is 9.69. The van der Waals surface area contributed by atoms with E-state index in [1.54, 1.807) is 0 Å². The minimum atomic E-state index is -0.983. The van der Waals surface area contributed by atoms with Crippen molar-refractivity contribution < 1.29 is 4.39 Å². The molecule has 1 nitrogen and oxygen atoms in total. The Kier molecular flexibility index (Phi) is 2.48. The molecule has 1 rings (SSSR count). The lowest BCUT2D eigenvalue weighted by Gasteiger charge is -2.42. The number of hydrogen-bond acceptors (Lipinski definition) is 1. The van der Waals surface area contributed by atoms with Crippen LogP contribution in [0.3, 0.4) is 0 Å². The van der Waals surface area contributed by atoms with Gasteiger partial charge >= 0.3 is 0 Å². The lowest BCUT2D eigenvalue weighted by Crippen LogP contribution is -2.44. The predicted octanol–water partition coefficient (Wildman–Crippen LogP) is 2.64. The highest BCUT2D eigenvalue weighted by atomic mass is 19.1. The third-order valence-electron chi connectivity index (χ3n) is 3.17. The van der Waals surface area contributed by atoms with Gasteiger partial charge in [-0.25, -0.2) is 4.39 Å². The van der Waals surface area contributed by atoms with Crippen LogP contribution >= 0.6 is 0 Å². The largest absolute Gasteiger partial charge is 0.328 e. The van der Waals surface area contributed by atoms with E-state index in [4.69, 9.17) is 5.73 Å². The van der Waals surface area contributed by atoms with Crippen LogP contribution in [0, 0.1) is 5.41 Å². The number of halogens is 1. The maximum atomic E-state index is 14.2. The summed E-state index contributed by atoms with van der Waals surface area (Å²) in [6.07, 6.45) is 2.96. The van der Waals surface area contributed by atoms with Crippen LogP contribution in [0.5, 0.6) is 0 Å². The number of rotatable bonds is 0. The maximum Gasteiger partial charge on any atom is 0.116 e. The molecular formula is C10H20FN. The quantitative estimate of drug-likeness (QED) is 0.598. The van der Waals surface area contributed by atoms with Crippen LogP contribution in [0.4, 0.5) is 4.39 Å². The number of hydrogen-bond donors (Lipinski definition) is 1. The fourth-order valence-electron chi connectivity index (χ4n) is 1.85. The zero-order chi connectivity index (χ0) is 9.41. The Balaban J connectivity index is 2.62. The van der Waals surface area contributed by atoms with Gasteiger partial charge in [-0.2, -0.15) is 0 Å². The average molecular weight is 173 g/mol. The smallest absolute Gasteiger partial charge is 0.116 e. The summed E-state index contributed by atoms with van der Waals surface area (Å²) >= 11 is 0. The summed E-state index contributed by atoms with van der Waals surface area (Å²) in [5.41, 5.74) is 4.52. The highest BCUT2D eigenvalue weighted by Gasteiger charge is 2.44. The second-order valence-corrected chi connectivity index (χ2v) is 5.05.